The summed E-state index contributed by atoms with van der Waals surface area (Å²) in [6.07, 6.45) is 2.51. The van der Waals surface area contributed by atoms with Gasteiger partial charge in [-0.2, -0.15) is 0 Å². The summed E-state index contributed by atoms with van der Waals surface area (Å²) in [6, 6.07) is 1.77. The number of aromatic nitrogens is 1. The Labute approximate surface area is 125 Å². The summed E-state index contributed by atoms with van der Waals surface area (Å²) in [5, 5.41) is 0. The van der Waals surface area contributed by atoms with E-state index in [0.717, 1.165) is 6.42 Å². The Hall–Kier alpha value is -1.98. The number of amides is 1. The predicted octanol–water partition coefficient (Wildman–Crippen LogP) is 2.07. The first kappa shape index (κ1) is 17.1. The molecule has 0 aliphatic carbocycles. The molecule has 1 aromatic rings. The molecule has 0 bridgehead atoms. The highest BCUT2D eigenvalue weighted by Crippen LogP contribution is 2.18. The maximum Gasteiger partial charge on any atom is 0.325 e. The van der Waals surface area contributed by atoms with Crippen LogP contribution in [0.4, 0.5) is 5.69 Å². The first-order valence-corrected chi connectivity index (χ1v) is 7.32. The van der Waals surface area contributed by atoms with Gasteiger partial charge in [0.25, 0.3) is 5.91 Å². The van der Waals surface area contributed by atoms with Crippen molar-refractivity contribution in [2.75, 3.05) is 25.4 Å². The number of hydrogen-bond acceptors (Lipinski definition) is 4. The zero-order valence-corrected chi connectivity index (χ0v) is 13.3. The van der Waals surface area contributed by atoms with Crippen LogP contribution in [0.25, 0.3) is 0 Å². The molecule has 0 saturated carbocycles. The lowest BCUT2D eigenvalue weighted by Gasteiger charge is -2.22. The molecule has 1 rings (SSSR count). The summed E-state index contributed by atoms with van der Waals surface area (Å²) >= 11 is 0. The van der Waals surface area contributed by atoms with Crippen LogP contribution in [0, 0.1) is 0 Å². The first-order chi connectivity index (χ1) is 9.90. The molecule has 0 aromatic carbocycles. The lowest BCUT2D eigenvalue weighted by atomic mass is 10.3. The van der Waals surface area contributed by atoms with Crippen LogP contribution in [-0.2, 0) is 9.53 Å². The van der Waals surface area contributed by atoms with Crippen molar-refractivity contribution in [3.63, 3.8) is 0 Å². The van der Waals surface area contributed by atoms with Crippen molar-refractivity contribution in [2.24, 2.45) is 0 Å². The Morgan fingerprint density at radius 2 is 2.05 bits per heavy atom. The molecule has 1 amide bonds. The molecule has 0 atom stereocenters. The third kappa shape index (κ3) is 4.51. The van der Waals surface area contributed by atoms with Gasteiger partial charge in [0, 0.05) is 18.8 Å². The number of rotatable bonds is 7. The minimum absolute atomic E-state index is 0.0380. The van der Waals surface area contributed by atoms with Crippen molar-refractivity contribution in [2.45, 2.75) is 40.2 Å². The molecule has 0 saturated heterocycles. The van der Waals surface area contributed by atoms with Gasteiger partial charge >= 0.3 is 5.97 Å². The fraction of sp³-hybridized carbons (Fsp3) is 0.600. The van der Waals surface area contributed by atoms with E-state index in [4.69, 9.17) is 10.5 Å². The highest BCUT2D eigenvalue weighted by Gasteiger charge is 2.23. The van der Waals surface area contributed by atoms with Gasteiger partial charge in [-0.3, -0.25) is 9.59 Å². The number of nitrogen functional groups attached to an aromatic ring is 1. The third-order valence-corrected chi connectivity index (χ3v) is 3.05. The van der Waals surface area contributed by atoms with Crippen LogP contribution in [0.5, 0.6) is 0 Å². The van der Waals surface area contributed by atoms with Gasteiger partial charge in [0.2, 0.25) is 0 Å². The number of hydrogen-bond donors (Lipinski definition) is 1. The maximum atomic E-state index is 12.7. The molecule has 0 radical (unpaired) electrons. The largest absolute Gasteiger partial charge is 0.465 e. The summed E-state index contributed by atoms with van der Waals surface area (Å²) in [4.78, 5) is 25.8. The van der Waals surface area contributed by atoms with Crippen molar-refractivity contribution in [1.29, 1.82) is 0 Å². The molecule has 1 heterocycles. The number of nitrogens with two attached hydrogens (primary N) is 1. The van der Waals surface area contributed by atoms with Crippen LogP contribution in [-0.4, -0.2) is 41.0 Å². The Morgan fingerprint density at radius 1 is 1.38 bits per heavy atom. The van der Waals surface area contributed by atoms with Gasteiger partial charge in [-0.1, -0.05) is 6.92 Å². The molecule has 0 aliphatic rings. The van der Waals surface area contributed by atoms with Crippen LogP contribution < -0.4 is 5.73 Å². The molecule has 21 heavy (non-hydrogen) atoms. The van der Waals surface area contributed by atoms with Crippen LogP contribution in [0.2, 0.25) is 0 Å². The SMILES string of the molecule is CCCN(CC(=O)OCC)C(=O)c1cc(N)cn1C(C)C. The summed E-state index contributed by atoms with van der Waals surface area (Å²) in [5.74, 6) is -0.592. The number of nitrogens with zero attached hydrogens (tertiary/aromatic N) is 2. The number of anilines is 1. The topological polar surface area (TPSA) is 77.6 Å². The van der Waals surface area contributed by atoms with Crippen LogP contribution in [0.3, 0.4) is 0 Å². The fourth-order valence-corrected chi connectivity index (χ4v) is 2.15. The molecule has 2 N–H and O–H groups in total. The summed E-state index contributed by atoms with van der Waals surface area (Å²) in [6.45, 7) is 8.43. The quantitative estimate of drug-likeness (QED) is 0.781. The fourth-order valence-electron chi connectivity index (χ4n) is 2.15. The minimum Gasteiger partial charge on any atom is -0.465 e. The van der Waals surface area contributed by atoms with Crippen LogP contribution in [0.15, 0.2) is 12.3 Å². The van der Waals surface area contributed by atoms with Gasteiger partial charge < -0.3 is 19.9 Å². The first-order valence-electron chi connectivity index (χ1n) is 7.32. The molecule has 0 aliphatic heterocycles. The van der Waals surface area contributed by atoms with Gasteiger partial charge in [0.05, 0.1) is 12.3 Å². The van der Waals surface area contributed by atoms with Gasteiger partial charge in [0.1, 0.15) is 12.2 Å². The Morgan fingerprint density at radius 3 is 2.57 bits per heavy atom. The normalized spacial score (nSPS) is 10.7. The molecular weight excluding hydrogens is 270 g/mol. The van der Waals surface area contributed by atoms with Crippen LogP contribution in [0.1, 0.15) is 50.6 Å². The van der Waals surface area contributed by atoms with Gasteiger partial charge in [-0.25, -0.2) is 0 Å². The third-order valence-electron chi connectivity index (χ3n) is 3.05. The van der Waals surface area contributed by atoms with E-state index in [9.17, 15) is 9.59 Å². The van der Waals surface area contributed by atoms with Crippen molar-refractivity contribution in [1.82, 2.24) is 9.47 Å². The zero-order valence-electron chi connectivity index (χ0n) is 13.3. The number of ether oxygens (including phenoxy) is 1. The van der Waals surface area contributed by atoms with Gasteiger partial charge in [-0.15, -0.1) is 0 Å². The van der Waals surface area contributed by atoms with E-state index < -0.39 is 5.97 Å². The maximum absolute atomic E-state index is 12.7. The van der Waals surface area contributed by atoms with Crippen molar-refractivity contribution >= 4 is 17.6 Å². The average molecular weight is 295 g/mol. The Kier molecular flexibility index (Phi) is 6.27. The zero-order chi connectivity index (χ0) is 16.0. The number of carbonyl (C=O) groups excluding carboxylic acids is 2. The van der Waals surface area contributed by atoms with E-state index >= 15 is 0 Å². The second kappa shape index (κ2) is 7.71. The van der Waals surface area contributed by atoms with Gasteiger partial charge in [-0.05, 0) is 33.3 Å². The van der Waals surface area contributed by atoms with Crippen LogP contribution >= 0.6 is 0 Å². The molecule has 0 fully saturated rings. The smallest absolute Gasteiger partial charge is 0.325 e. The van der Waals surface area contributed by atoms with E-state index in [1.165, 1.54) is 4.90 Å². The predicted molar refractivity (Wildman–Crippen MR) is 82.1 cm³/mol. The molecular formula is C15H25N3O3. The van der Waals surface area contributed by atoms with E-state index in [-0.39, 0.29) is 18.5 Å². The van der Waals surface area contributed by atoms with E-state index in [1.54, 1.807) is 19.2 Å². The standard InChI is InChI=1S/C15H25N3O3/c1-5-7-17(10-14(19)21-6-2)15(20)13-8-12(16)9-18(13)11(3)4/h8-9,11H,5-7,10,16H2,1-4H3. The van der Waals surface area contributed by atoms with E-state index in [2.05, 4.69) is 0 Å². The van der Waals surface area contributed by atoms with E-state index in [0.29, 0.717) is 24.5 Å². The van der Waals surface area contributed by atoms with E-state index in [1.807, 2.05) is 25.3 Å². The summed E-state index contributed by atoms with van der Waals surface area (Å²) in [5.41, 5.74) is 6.84. The number of carbonyl (C=O) groups is 2. The van der Waals surface area contributed by atoms with Gasteiger partial charge in [0.15, 0.2) is 0 Å². The molecule has 118 valence electrons. The molecule has 6 heteroatoms. The molecule has 6 nitrogen and oxygen atoms in total. The average Bonchev–Trinajstić information content (AvgIpc) is 2.80. The lowest BCUT2D eigenvalue weighted by molar-refractivity contribution is -0.143. The highest BCUT2D eigenvalue weighted by atomic mass is 16.5. The molecule has 1 aromatic heterocycles. The molecule has 0 unspecified atom stereocenters. The number of esters is 1. The highest BCUT2D eigenvalue weighted by molar-refractivity contribution is 5.95. The molecule has 0 spiro atoms. The summed E-state index contributed by atoms with van der Waals surface area (Å²) in [7, 11) is 0. The minimum atomic E-state index is -0.394. The summed E-state index contributed by atoms with van der Waals surface area (Å²) < 4.78 is 6.75. The van der Waals surface area contributed by atoms with Crippen molar-refractivity contribution < 1.29 is 14.3 Å². The monoisotopic (exact) mass is 295 g/mol. The van der Waals surface area contributed by atoms with Crippen molar-refractivity contribution in [3.05, 3.63) is 18.0 Å². The van der Waals surface area contributed by atoms with Crippen molar-refractivity contribution in [3.8, 4) is 0 Å². The lowest BCUT2D eigenvalue weighted by Crippen LogP contribution is -2.38. The second-order valence-corrected chi connectivity index (χ2v) is 5.19. The Balaban J connectivity index is 2.97. The second-order valence-electron chi connectivity index (χ2n) is 5.19. The Bertz CT molecular complexity index is 494.